The molecular weight excluding hydrogens is 300 g/mol. The lowest BCUT2D eigenvalue weighted by atomic mass is 9.96. The first-order valence-electron chi connectivity index (χ1n) is 8.19. The van der Waals surface area contributed by atoms with Crippen molar-refractivity contribution in [2.45, 2.75) is 33.1 Å². The lowest BCUT2D eigenvalue weighted by Gasteiger charge is -2.12. The summed E-state index contributed by atoms with van der Waals surface area (Å²) < 4.78 is 11.1. The monoisotopic (exact) mass is 322 g/mol. The molecule has 124 valence electrons. The molecule has 0 fully saturated rings. The smallest absolute Gasteiger partial charge is 0.339 e. The van der Waals surface area contributed by atoms with Crippen molar-refractivity contribution in [2.75, 3.05) is 7.11 Å². The molecule has 3 nitrogen and oxygen atoms in total. The summed E-state index contributed by atoms with van der Waals surface area (Å²) in [6, 6.07) is 13.8. The van der Waals surface area contributed by atoms with Gasteiger partial charge in [-0.15, -0.1) is 0 Å². The van der Waals surface area contributed by atoms with Crippen LogP contribution in [-0.2, 0) is 6.42 Å². The number of ether oxygens (including phenoxy) is 1. The number of rotatable bonds is 4. The quantitative estimate of drug-likeness (QED) is 0.646. The standard InChI is InChI=1S/C21H22O3/c1-13(2)17-10-9-14(3)18-12-16(21(22)24-20(17)18)11-15-7-5-6-8-19(15)23-4/h5-10,12-13H,11H2,1-4H3. The Balaban J connectivity index is 2.15. The highest BCUT2D eigenvalue weighted by atomic mass is 16.5. The average Bonchev–Trinajstić information content (AvgIpc) is 2.56. The van der Waals surface area contributed by atoms with E-state index in [1.54, 1.807) is 7.11 Å². The van der Waals surface area contributed by atoms with E-state index in [2.05, 4.69) is 19.9 Å². The first kappa shape index (κ1) is 16.3. The molecule has 0 saturated heterocycles. The minimum Gasteiger partial charge on any atom is -0.496 e. The van der Waals surface area contributed by atoms with Gasteiger partial charge in [0.25, 0.3) is 0 Å². The molecule has 0 unspecified atom stereocenters. The molecule has 2 aromatic carbocycles. The zero-order valence-electron chi connectivity index (χ0n) is 14.6. The first-order chi connectivity index (χ1) is 11.5. The van der Waals surface area contributed by atoms with Crippen LogP contribution in [0, 0.1) is 6.92 Å². The second-order valence-electron chi connectivity index (χ2n) is 6.42. The van der Waals surface area contributed by atoms with Crippen molar-refractivity contribution >= 4 is 11.0 Å². The van der Waals surface area contributed by atoms with E-state index in [4.69, 9.17) is 9.15 Å². The van der Waals surface area contributed by atoms with Gasteiger partial charge in [0.05, 0.1) is 7.11 Å². The van der Waals surface area contributed by atoms with Crippen molar-refractivity contribution < 1.29 is 9.15 Å². The third-order valence-corrected chi connectivity index (χ3v) is 4.42. The summed E-state index contributed by atoms with van der Waals surface area (Å²) in [6.45, 7) is 6.25. The summed E-state index contributed by atoms with van der Waals surface area (Å²) in [4.78, 5) is 12.5. The Morgan fingerprint density at radius 3 is 2.54 bits per heavy atom. The third kappa shape index (κ3) is 2.94. The number of hydrogen-bond donors (Lipinski definition) is 0. The van der Waals surface area contributed by atoms with Crippen LogP contribution in [0.15, 0.2) is 51.7 Å². The van der Waals surface area contributed by atoms with Gasteiger partial charge in [-0.3, -0.25) is 0 Å². The van der Waals surface area contributed by atoms with Crippen molar-refractivity contribution in [1.82, 2.24) is 0 Å². The molecule has 0 aliphatic rings. The summed E-state index contributed by atoms with van der Waals surface area (Å²) in [5, 5.41) is 1.01. The van der Waals surface area contributed by atoms with E-state index in [-0.39, 0.29) is 5.63 Å². The lowest BCUT2D eigenvalue weighted by Crippen LogP contribution is -2.09. The van der Waals surface area contributed by atoms with E-state index in [1.165, 1.54) is 0 Å². The number of aryl methyl sites for hydroxylation is 1. The molecule has 0 spiro atoms. The molecule has 0 amide bonds. The highest BCUT2D eigenvalue weighted by Gasteiger charge is 2.14. The van der Waals surface area contributed by atoms with Crippen molar-refractivity contribution in [1.29, 1.82) is 0 Å². The van der Waals surface area contributed by atoms with Crippen LogP contribution in [0.3, 0.4) is 0 Å². The fraction of sp³-hybridized carbons (Fsp3) is 0.286. The molecule has 0 radical (unpaired) electrons. The number of methoxy groups -OCH3 is 1. The van der Waals surface area contributed by atoms with Gasteiger partial charge >= 0.3 is 5.63 Å². The molecule has 1 aromatic heterocycles. The van der Waals surface area contributed by atoms with Crippen LogP contribution in [-0.4, -0.2) is 7.11 Å². The van der Waals surface area contributed by atoms with Gasteiger partial charge in [-0.1, -0.05) is 44.2 Å². The Labute approximate surface area is 141 Å². The summed E-state index contributed by atoms with van der Waals surface area (Å²) in [5.41, 5.74) is 4.23. The molecule has 0 N–H and O–H groups in total. The topological polar surface area (TPSA) is 39.4 Å². The van der Waals surface area contributed by atoms with Crippen LogP contribution in [0.4, 0.5) is 0 Å². The number of fused-ring (bicyclic) bond motifs is 1. The van der Waals surface area contributed by atoms with Crippen molar-refractivity contribution in [2.24, 2.45) is 0 Å². The maximum absolute atomic E-state index is 12.5. The van der Waals surface area contributed by atoms with Gasteiger partial charge in [0.2, 0.25) is 0 Å². The molecular formula is C21H22O3. The van der Waals surface area contributed by atoms with Gasteiger partial charge in [-0.25, -0.2) is 4.79 Å². The van der Waals surface area contributed by atoms with Gasteiger partial charge < -0.3 is 9.15 Å². The summed E-state index contributed by atoms with van der Waals surface area (Å²) >= 11 is 0. The highest BCUT2D eigenvalue weighted by molar-refractivity contribution is 5.84. The van der Waals surface area contributed by atoms with Gasteiger partial charge in [-0.2, -0.15) is 0 Å². The molecule has 3 rings (SSSR count). The molecule has 24 heavy (non-hydrogen) atoms. The van der Waals surface area contributed by atoms with Gasteiger partial charge in [0.1, 0.15) is 11.3 Å². The molecule has 0 atom stereocenters. The maximum atomic E-state index is 12.5. The Morgan fingerprint density at radius 1 is 1.08 bits per heavy atom. The van der Waals surface area contributed by atoms with Gasteiger partial charge in [0.15, 0.2) is 0 Å². The van der Waals surface area contributed by atoms with E-state index in [0.29, 0.717) is 23.5 Å². The first-order valence-corrected chi connectivity index (χ1v) is 8.19. The van der Waals surface area contributed by atoms with E-state index in [0.717, 1.165) is 27.8 Å². The van der Waals surface area contributed by atoms with E-state index < -0.39 is 0 Å². The maximum Gasteiger partial charge on any atom is 0.339 e. The molecule has 3 heteroatoms. The van der Waals surface area contributed by atoms with Crippen LogP contribution in [0.5, 0.6) is 5.75 Å². The second-order valence-corrected chi connectivity index (χ2v) is 6.42. The summed E-state index contributed by atoms with van der Waals surface area (Å²) in [6.07, 6.45) is 0.494. The lowest BCUT2D eigenvalue weighted by molar-refractivity contribution is 0.410. The van der Waals surface area contributed by atoms with Crippen LogP contribution in [0.1, 0.15) is 42.0 Å². The molecule has 3 aromatic rings. The zero-order valence-corrected chi connectivity index (χ0v) is 14.6. The Bertz CT molecular complexity index is 935. The Morgan fingerprint density at radius 2 is 1.83 bits per heavy atom. The molecule has 0 aliphatic heterocycles. The predicted molar refractivity (Wildman–Crippen MR) is 97.1 cm³/mol. The van der Waals surface area contributed by atoms with Crippen molar-refractivity contribution in [3.8, 4) is 5.75 Å². The summed E-state index contributed by atoms with van der Waals surface area (Å²) in [7, 11) is 1.64. The van der Waals surface area contributed by atoms with E-state index in [1.807, 2.05) is 43.3 Å². The Hall–Kier alpha value is -2.55. The van der Waals surface area contributed by atoms with Gasteiger partial charge in [0, 0.05) is 17.4 Å². The molecule has 0 bridgehead atoms. The highest BCUT2D eigenvalue weighted by Crippen LogP contribution is 2.28. The molecule has 0 saturated carbocycles. The molecule has 0 aliphatic carbocycles. The Kier molecular flexibility index (Phi) is 4.43. The fourth-order valence-electron chi connectivity index (χ4n) is 3.03. The van der Waals surface area contributed by atoms with Crippen LogP contribution in [0.2, 0.25) is 0 Å². The van der Waals surface area contributed by atoms with Crippen molar-refractivity contribution in [3.63, 3.8) is 0 Å². The van der Waals surface area contributed by atoms with E-state index >= 15 is 0 Å². The third-order valence-electron chi connectivity index (χ3n) is 4.42. The van der Waals surface area contributed by atoms with Crippen LogP contribution < -0.4 is 10.4 Å². The van der Waals surface area contributed by atoms with E-state index in [9.17, 15) is 4.79 Å². The van der Waals surface area contributed by atoms with Gasteiger partial charge in [-0.05, 0) is 41.7 Å². The summed E-state index contributed by atoms with van der Waals surface area (Å²) in [5.74, 6) is 1.08. The SMILES string of the molecule is COc1ccccc1Cc1cc2c(C)ccc(C(C)C)c2oc1=O. The minimum absolute atomic E-state index is 0.277. The average molecular weight is 322 g/mol. The minimum atomic E-state index is -0.277. The number of hydrogen-bond acceptors (Lipinski definition) is 3. The van der Waals surface area contributed by atoms with Crippen molar-refractivity contribution in [3.05, 3.63) is 75.1 Å². The van der Waals surface area contributed by atoms with Crippen LogP contribution >= 0.6 is 0 Å². The number of para-hydroxylation sites is 1. The van der Waals surface area contributed by atoms with Crippen LogP contribution in [0.25, 0.3) is 11.0 Å². The molecule has 1 heterocycles. The fourth-order valence-corrected chi connectivity index (χ4v) is 3.03. The predicted octanol–water partition coefficient (Wildman–Crippen LogP) is 4.82. The largest absolute Gasteiger partial charge is 0.496 e. The second kappa shape index (κ2) is 6.52. The normalized spacial score (nSPS) is 11.2. The zero-order chi connectivity index (χ0) is 17.3. The number of benzene rings is 2.